The molecule has 0 radical (unpaired) electrons. The van der Waals surface area contributed by atoms with Crippen LogP contribution in [0.1, 0.15) is 0 Å². The van der Waals surface area contributed by atoms with Crippen LogP contribution in [0.4, 0.5) is 0 Å². The quantitative estimate of drug-likeness (QED) is 0.181. The number of rotatable bonds is 4. The number of nitrogens with zero attached hydrogens (tertiary/aromatic N) is 4. The number of benzene rings is 7. The van der Waals surface area contributed by atoms with Gasteiger partial charge in [0.25, 0.3) is 0 Å². The van der Waals surface area contributed by atoms with E-state index >= 15 is 0 Å². The van der Waals surface area contributed by atoms with Gasteiger partial charge >= 0.3 is 0 Å². The van der Waals surface area contributed by atoms with Crippen molar-refractivity contribution in [3.05, 3.63) is 146 Å². The predicted octanol–water partition coefficient (Wildman–Crippen LogP) is 11.4. The van der Waals surface area contributed by atoms with Crippen molar-refractivity contribution in [1.82, 2.24) is 19.9 Å². The first-order valence-corrected chi connectivity index (χ1v) is 16.6. The van der Waals surface area contributed by atoms with Gasteiger partial charge in [-0.3, -0.25) is 0 Å². The molecule has 0 aliphatic carbocycles. The van der Waals surface area contributed by atoms with Gasteiger partial charge in [-0.05, 0) is 39.7 Å². The standard InChI is InChI=1S/C42H24N4OS/c1-3-12-25(13-4-1)39-44-40(46-41(45-39)32-22-27-16-7-8-17-28(27)29-18-9-10-19-30(29)32)31-20-11-21-35-38(31)33-23-34-37(24-36(33)47-35)48-42(43-34)26-14-5-2-6-15-26/h1-24H. The van der Waals surface area contributed by atoms with E-state index in [9.17, 15) is 0 Å². The highest BCUT2D eigenvalue weighted by Gasteiger charge is 2.20. The lowest BCUT2D eigenvalue weighted by atomic mass is 9.96. The Kier molecular flexibility index (Phi) is 5.98. The predicted molar refractivity (Wildman–Crippen MR) is 197 cm³/mol. The van der Waals surface area contributed by atoms with Crippen LogP contribution in [0, 0.1) is 0 Å². The summed E-state index contributed by atoms with van der Waals surface area (Å²) >= 11 is 1.67. The molecule has 10 aromatic rings. The lowest BCUT2D eigenvalue weighted by Crippen LogP contribution is -2.01. The van der Waals surface area contributed by atoms with Crippen LogP contribution in [0.3, 0.4) is 0 Å². The molecule has 0 bridgehead atoms. The molecular weight excluding hydrogens is 609 g/mol. The highest BCUT2D eigenvalue weighted by Crippen LogP contribution is 2.41. The van der Waals surface area contributed by atoms with Crippen LogP contribution in [0.15, 0.2) is 150 Å². The molecule has 0 saturated heterocycles. The number of fused-ring (bicyclic) bond motifs is 7. The van der Waals surface area contributed by atoms with Crippen LogP contribution in [0.2, 0.25) is 0 Å². The summed E-state index contributed by atoms with van der Waals surface area (Å²) in [6, 6.07) is 49.9. The summed E-state index contributed by atoms with van der Waals surface area (Å²) in [6.07, 6.45) is 0. The van der Waals surface area contributed by atoms with E-state index in [2.05, 4.69) is 84.9 Å². The average Bonchev–Trinajstić information content (AvgIpc) is 3.74. The third-order valence-corrected chi connectivity index (χ3v) is 10.0. The first-order valence-electron chi connectivity index (χ1n) is 15.8. The molecule has 0 atom stereocenters. The number of thiazole rings is 1. The van der Waals surface area contributed by atoms with Crippen LogP contribution >= 0.6 is 11.3 Å². The molecule has 0 unspecified atom stereocenters. The van der Waals surface area contributed by atoms with Crippen LogP contribution in [0.25, 0.3) is 98.4 Å². The molecule has 0 amide bonds. The van der Waals surface area contributed by atoms with Crippen LogP contribution in [-0.2, 0) is 0 Å². The highest BCUT2D eigenvalue weighted by molar-refractivity contribution is 7.21. The van der Waals surface area contributed by atoms with Crippen molar-refractivity contribution >= 4 is 65.0 Å². The minimum Gasteiger partial charge on any atom is -0.456 e. The molecule has 7 aromatic carbocycles. The minimum absolute atomic E-state index is 0.591. The molecule has 6 heteroatoms. The van der Waals surface area contributed by atoms with Crippen molar-refractivity contribution in [3.63, 3.8) is 0 Å². The number of hydrogen-bond acceptors (Lipinski definition) is 6. The lowest BCUT2D eigenvalue weighted by molar-refractivity contribution is 0.669. The highest BCUT2D eigenvalue weighted by atomic mass is 32.1. The van der Waals surface area contributed by atoms with Crippen molar-refractivity contribution < 1.29 is 4.42 Å². The van der Waals surface area contributed by atoms with E-state index in [4.69, 9.17) is 24.4 Å². The topological polar surface area (TPSA) is 64.7 Å². The van der Waals surface area contributed by atoms with E-state index in [0.717, 1.165) is 70.2 Å². The second kappa shape index (κ2) is 10.7. The largest absolute Gasteiger partial charge is 0.456 e. The Morgan fingerprint density at radius 3 is 1.92 bits per heavy atom. The molecule has 0 spiro atoms. The molecule has 0 fully saturated rings. The Morgan fingerprint density at radius 1 is 0.438 bits per heavy atom. The maximum absolute atomic E-state index is 6.48. The first kappa shape index (κ1) is 26.9. The zero-order valence-corrected chi connectivity index (χ0v) is 26.3. The van der Waals surface area contributed by atoms with Crippen molar-refractivity contribution in [2.75, 3.05) is 0 Å². The summed E-state index contributed by atoms with van der Waals surface area (Å²) < 4.78 is 7.56. The zero-order chi connectivity index (χ0) is 31.6. The fraction of sp³-hybridized carbons (Fsp3) is 0. The molecule has 10 rings (SSSR count). The second-order valence-corrected chi connectivity index (χ2v) is 12.9. The molecule has 5 nitrogen and oxygen atoms in total. The van der Waals surface area contributed by atoms with Gasteiger partial charge < -0.3 is 4.42 Å². The summed E-state index contributed by atoms with van der Waals surface area (Å²) in [5.41, 5.74) is 6.41. The first-order chi connectivity index (χ1) is 23.8. The molecule has 0 aliphatic heterocycles. The molecule has 0 N–H and O–H groups in total. The van der Waals surface area contributed by atoms with Crippen LogP contribution in [0.5, 0.6) is 0 Å². The molecule has 3 heterocycles. The molecular formula is C42H24N4OS. The summed E-state index contributed by atoms with van der Waals surface area (Å²) in [5, 5.41) is 7.53. The van der Waals surface area contributed by atoms with Gasteiger partial charge in [-0.2, -0.15) is 0 Å². The summed E-state index contributed by atoms with van der Waals surface area (Å²) in [7, 11) is 0. The van der Waals surface area contributed by atoms with Gasteiger partial charge in [0, 0.05) is 39.1 Å². The van der Waals surface area contributed by atoms with Gasteiger partial charge in [-0.1, -0.05) is 121 Å². The Hall–Kier alpha value is -6.24. The number of aromatic nitrogens is 4. The molecule has 48 heavy (non-hydrogen) atoms. The number of furan rings is 1. The maximum Gasteiger partial charge on any atom is 0.164 e. The smallest absolute Gasteiger partial charge is 0.164 e. The maximum atomic E-state index is 6.48. The molecule has 3 aromatic heterocycles. The zero-order valence-electron chi connectivity index (χ0n) is 25.5. The fourth-order valence-corrected chi connectivity index (χ4v) is 7.69. The summed E-state index contributed by atoms with van der Waals surface area (Å²) in [4.78, 5) is 20.5. The van der Waals surface area contributed by atoms with Crippen molar-refractivity contribution in [2.24, 2.45) is 0 Å². The van der Waals surface area contributed by atoms with E-state index < -0.39 is 0 Å². The Morgan fingerprint density at radius 2 is 1.10 bits per heavy atom. The average molecular weight is 633 g/mol. The van der Waals surface area contributed by atoms with Gasteiger partial charge in [-0.15, -0.1) is 11.3 Å². The van der Waals surface area contributed by atoms with Crippen molar-refractivity contribution in [1.29, 1.82) is 0 Å². The normalized spacial score (nSPS) is 11.8. The molecule has 0 saturated carbocycles. The van der Waals surface area contributed by atoms with Crippen molar-refractivity contribution in [2.45, 2.75) is 0 Å². The lowest BCUT2D eigenvalue weighted by Gasteiger charge is -2.12. The minimum atomic E-state index is 0.591. The fourth-order valence-electron chi connectivity index (χ4n) is 6.71. The Balaban J connectivity index is 1.23. The summed E-state index contributed by atoms with van der Waals surface area (Å²) in [6.45, 7) is 0. The Labute approximate surface area is 278 Å². The van der Waals surface area contributed by atoms with Crippen LogP contribution in [-0.4, -0.2) is 19.9 Å². The van der Waals surface area contributed by atoms with Crippen molar-refractivity contribution in [3.8, 4) is 44.7 Å². The summed E-state index contributed by atoms with van der Waals surface area (Å²) in [5.74, 6) is 1.83. The van der Waals surface area contributed by atoms with E-state index in [1.54, 1.807) is 11.3 Å². The molecule has 224 valence electrons. The third kappa shape index (κ3) is 4.31. The Bertz CT molecular complexity index is 2840. The van der Waals surface area contributed by atoms with Gasteiger partial charge in [0.2, 0.25) is 0 Å². The second-order valence-electron chi connectivity index (χ2n) is 11.8. The third-order valence-electron chi connectivity index (χ3n) is 8.94. The van der Waals surface area contributed by atoms with Gasteiger partial charge in [0.1, 0.15) is 16.2 Å². The number of hydrogen-bond donors (Lipinski definition) is 0. The van der Waals surface area contributed by atoms with E-state index in [0.29, 0.717) is 17.5 Å². The van der Waals surface area contributed by atoms with E-state index in [1.807, 2.05) is 60.7 Å². The monoisotopic (exact) mass is 632 g/mol. The molecule has 0 aliphatic rings. The van der Waals surface area contributed by atoms with Crippen LogP contribution < -0.4 is 0 Å². The van der Waals surface area contributed by atoms with E-state index in [1.165, 1.54) is 10.8 Å². The van der Waals surface area contributed by atoms with Gasteiger partial charge in [0.15, 0.2) is 17.5 Å². The SMILES string of the molecule is c1ccc(-c2nc(-c3cc4ccccc4c4ccccc34)nc(-c3cccc4oc5cc6sc(-c7ccccc7)nc6cc5c34)n2)cc1. The van der Waals surface area contributed by atoms with Gasteiger partial charge in [0.05, 0.1) is 10.2 Å². The van der Waals surface area contributed by atoms with Gasteiger partial charge in [-0.25, -0.2) is 19.9 Å². The van der Waals surface area contributed by atoms with E-state index in [-0.39, 0.29) is 0 Å².